The third kappa shape index (κ3) is 5.59. The van der Waals surface area contributed by atoms with Gasteiger partial charge in [0.25, 0.3) is 0 Å². The molecule has 0 fully saturated rings. The Morgan fingerprint density at radius 1 is 1.35 bits per heavy atom. The first-order valence-corrected chi connectivity index (χ1v) is 6.12. The van der Waals surface area contributed by atoms with E-state index in [9.17, 15) is 4.39 Å². The summed E-state index contributed by atoms with van der Waals surface area (Å²) in [5.74, 6) is -0.239. The number of hydrogen-bond donors (Lipinski definition) is 1. The van der Waals surface area contributed by atoms with Gasteiger partial charge in [-0.1, -0.05) is 15.9 Å². The molecule has 0 amide bonds. The van der Waals surface area contributed by atoms with Gasteiger partial charge in [-0.3, -0.25) is 0 Å². The van der Waals surface area contributed by atoms with Crippen molar-refractivity contribution in [2.75, 3.05) is 27.4 Å². The second kappa shape index (κ2) is 7.76. The van der Waals surface area contributed by atoms with Gasteiger partial charge in [0.05, 0.1) is 12.7 Å². The van der Waals surface area contributed by atoms with Crippen LogP contribution in [0.2, 0.25) is 0 Å². The summed E-state index contributed by atoms with van der Waals surface area (Å²) in [5.41, 5.74) is 0.893. The molecule has 1 N–H and O–H groups in total. The highest BCUT2D eigenvalue weighted by Crippen LogP contribution is 2.14. The summed E-state index contributed by atoms with van der Waals surface area (Å²) in [5, 5.41) is 3.20. The van der Waals surface area contributed by atoms with E-state index in [1.165, 1.54) is 12.1 Å². The van der Waals surface area contributed by atoms with Crippen LogP contribution in [0.3, 0.4) is 0 Å². The van der Waals surface area contributed by atoms with Crippen LogP contribution in [0.15, 0.2) is 22.7 Å². The van der Waals surface area contributed by atoms with Gasteiger partial charge >= 0.3 is 0 Å². The van der Waals surface area contributed by atoms with Crippen LogP contribution in [0.4, 0.5) is 4.39 Å². The van der Waals surface area contributed by atoms with E-state index in [0.29, 0.717) is 19.7 Å². The number of nitrogens with one attached hydrogen (secondary N) is 1. The predicted molar refractivity (Wildman–Crippen MR) is 68.5 cm³/mol. The largest absolute Gasteiger partial charge is 0.382 e. The molecule has 17 heavy (non-hydrogen) atoms. The molecule has 1 aromatic rings. The highest BCUT2D eigenvalue weighted by molar-refractivity contribution is 9.10. The van der Waals surface area contributed by atoms with Gasteiger partial charge in [0, 0.05) is 31.8 Å². The van der Waals surface area contributed by atoms with Crippen molar-refractivity contribution in [3.8, 4) is 0 Å². The summed E-state index contributed by atoms with van der Waals surface area (Å²) in [7, 11) is 3.28. The second-order valence-corrected chi connectivity index (χ2v) is 4.64. The molecular formula is C12H17BrFNO2. The summed E-state index contributed by atoms with van der Waals surface area (Å²) in [4.78, 5) is 0. The zero-order chi connectivity index (χ0) is 12.7. The maximum absolute atomic E-state index is 13.1. The van der Waals surface area contributed by atoms with E-state index in [2.05, 4.69) is 21.2 Å². The lowest BCUT2D eigenvalue weighted by Gasteiger charge is -2.15. The molecular weight excluding hydrogens is 289 g/mol. The maximum Gasteiger partial charge on any atom is 0.124 e. The van der Waals surface area contributed by atoms with Gasteiger partial charge in [-0.05, 0) is 23.8 Å². The Bertz CT molecular complexity index is 329. The van der Waals surface area contributed by atoms with Crippen LogP contribution in [0.25, 0.3) is 0 Å². The monoisotopic (exact) mass is 305 g/mol. The van der Waals surface area contributed by atoms with E-state index in [0.717, 1.165) is 10.0 Å². The molecule has 0 bridgehead atoms. The van der Waals surface area contributed by atoms with E-state index in [1.807, 2.05) is 6.07 Å². The molecule has 96 valence electrons. The molecule has 1 aromatic carbocycles. The van der Waals surface area contributed by atoms with Gasteiger partial charge in [0.15, 0.2) is 0 Å². The Kier molecular flexibility index (Phi) is 6.65. The zero-order valence-corrected chi connectivity index (χ0v) is 11.6. The first-order valence-electron chi connectivity index (χ1n) is 5.33. The third-order valence-electron chi connectivity index (χ3n) is 2.31. The first kappa shape index (κ1) is 14.6. The topological polar surface area (TPSA) is 30.5 Å². The normalized spacial score (nSPS) is 12.7. The van der Waals surface area contributed by atoms with Crippen molar-refractivity contribution in [1.82, 2.24) is 5.32 Å². The standard InChI is InChI=1S/C12H17BrFNO2/c1-16-8-12(17-2)7-15-6-9-3-10(13)5-11(14)4-9/h3-5,12,15H,6-8H2,1-2H3. The fraction of sp³-hybridized carbons (Fsp3) is 0.500. The number of methoxy groups -OCH3 is 2. The molecule has 0 heterocycles. The fourth-order valence-corrected chi connectivity index (χ4v) is 2.00. The van der Waals surface area contributed by atoms with E-state index in [-0.39, 0.29) is 11.9 Å². The van der Waals surface area contributed by atoms with Crippen molar-refractivity contribution in [3.05, 3.63) is 34.1 Å². The molecule has 0 radical (unpaired) electrons. The molecule has 0 aliphatic heterocycles. The first-order chi connectivity index (χ1) is 8.15. The van der Waals surface area contributed by atoms with Crippen LogP contribution >= 0.6 is 15.9 Å². The molecule has 1 rings (SSSR count). The van der Waals surface area contributed by atoms with Crippen LogP contribution in [-0.2, 0) is 16.0 Å². The van der Waals surface area contributed by atoms with Crippen molar-refractivity contribution in [1.29, 1.82) is 0 Å². The smallest absolute Gasteiger partial charge is 0.124 e. The highest BCUT2D eigenvalue weighted by atomic mass is 79.9. The van der Waals surface area contributed by atoms with Crippen molar-refractivity contribution in [3.63, 3.8) is 0 Å². The van der Waals surface area contributed by atoms with E-state index in [1.54, 1.807) is 14.2 Å². The molecule has 0 aliphatic carbocycles. The molecule has 1 unspecified atom stereocenters. The van der Waals surface area contributed by atoms with Crippen molar-refractivity contribution in [2.24, 2.45) is 0 Å². The number of ether oxygens (including phenoxy) is 2. The average Bonchev–Trinajstić information content (AvgIpc) is 2.26. The Labute approximate surface area is 109 Å². The number of rotatable bonds is 7. The lowest BCUT2D eigenvalue weighted by molar-refractivity contribution is 0.0288. The number of benzene rings is 1. The van der Waals surface area contributed by atoms with Crippen LogP contribution in [0.5, 0.6) is 0 Å². The van der Waals surface area contributed by atoms with Gasteiger partial charge < -0.3 is 14.8 Å². The van der Waals surface area contributed by atoms with Crippen LogP contribution < -0.4 is 5.32 Å². The molecule has 0 saturated carbocycles. The summed E-state index contributed by atoms with van der Waals surface area (Å²) < 4.78 is 24.1. The maximum atomic E-state index is 13.1. The lowest BCUT2D eigenvalue weighted by Crippen LogP contribution is -2.31. The number of halogens is 2. The highest BCUT2D eigenvalue weighted by Gasteiger charge is 2.06. The van der Waals surface area contributed by atoms with Crippen molar-refractivity contribution in [2.45, 2.75) is 12.6 Å². The van der Waals surface area contributed by atoms with E-state index < -0.39 is 0 Å². The SMILES string of the molecule is COCC(CNCc1cc(F)cc(Br)c1)OC. The zero-order valence-electron chi connectivity index (χ0n) is 10.0. The van der Waals surface area contributed by atoms with Gasteiger partial charge in [-0.25, -0.2) is 4.39 Å². The van der Waals surface area contributed by atoms with Crippen LogP contribution in [0.1, 0.15) is 5.56 Å². The molecule has 1 atom stereocenters. The Hall–Kier alpha value is -0.490. The second-order valence-electron chi connectivity index (χ2n) is 3.72. The van der Waals surface area contributed by atoms with E-state index >= 15 is 0 Å². The molecule has 0 aromatic heterocycles. The van der Waals surface area contributed by atoms with Crippen LogP contribution in [0, 0.1) is 5.82 Å². The summed E-state index contributed by atoms with van der Waals surface area (Å²) in [6.45, 7) is 1.80. The Balaban J connectivity index is 2.39. The number of hydrogen-bond acceptors (Lipinski definition) is 3. The molecule has 0 spiro atoms. The summed E-state index contributed by atoms with van der Waals surface area (Å²) in [6, 6.07) is 4.83. The third-order valence-corrected chi connectivity index (χ3v) is 2.77. The quantitative estimate of drug-likeness (QED) is 0.839. The minimum absolute atomic E-state index is 0.0111. The molecule has 0 saturated heterocycles. The van der Waals surface area contributed by atoms with Gasteiger partial charge in [-0.2, -0.15) is 0 Å². The molecule has 3 nitrogen and oxygen atoms in total. The molecule has 5 heteroatoms. The van der Waals surface area contributed by atoms with Gasteiger partial charge in [0.2, 0.25) is 0 Å². The average molecular weight is 306 g/mol. The minimum Gasteiger partial charge on any atom is -0.382 e. The van der Waals surface area contributed by atoms with E-state index in [4.69, 9.17) is 9.47 Å². The summed E-state index contributed by atoms with van der Waals surface area (Å²) >= 11 is 3.26. The Morgan fingerprint density at radius 2 is 2.12 bits per heavy atom. The fourth-order valence-electron chi connectivity index (χ4n) is 1.49. The predicted octanol–water partition coefficient (Wildman–Crippen LogP) is 2.34. The lowest BCUT2D eigenvalue weighted by atomic mass is 10.2. The summed E-state index contributed by atoms with van der Waals surface area (Å²) in [6.07, 6.45) is 0.0111. The Morgan fingerprint density at radius 3 is 2.71 bits per heavy atom. The van der Waals surface area contributed by atoms with Gasteiger partial charge in [-0.15, -0.1) is 0 Å². The molecule has 0 aliphatic rings. The van der Waals surface area contributed by atoms with Crippen LogP contribution in [-0.4, -0.2) is 33.5 Å². The van der Waals surface area contributed by atoms with Gasteiger partial charge in [0.1, 0.15) is 5.82 Å². The van der Waals surface area contributed by atoms with Crippen molar-refractivity contribution >= 4 is 15.9 Å². The minimum atomic E-state index is -0.239. The van der Waals surface area contributed by atoms with Crippen molar-refractivity contribution < 1.29 is 13.9 Å².